The van der Waals surface area contributed by atoms with Gasteiger partial charge in [0.2, 0.25) is 0 Å². The van der Waals surface area contributed by atoms with Crippen LogP contribution in [-0.2, 0) is 11.3 Å². The van der Waals surface area contributed by atoms with Gasteiger partial charge in [-0.1, -0.05) is 30.3 Å². The van der Waals surface area contributed by atoms with Crippen LogP contribution in [0.3, 0.4) is 0 Å². The number of carbonyl (C=O) groups is 1. The zero-order valence-corrected chi connectivity index (χ0v) is 10.3. The number of ether oxygens (including phenoxy) is 1. The standard InChI is InChI=1S/C15H17NO2/c1-2-13-9-6-10-16(11-13)15(17)18-12-14-7-4-3-5-8-14/h1,3-5,7-8,13H,6,9-12H2. The minimum Gasteiger partial charge on any atom is -0.445 e. The van der Waals surface area contributed by atoms with Gasteiger partial charge in [0.15, 0.2) is 0 Å². The van der Waals surface area contributed by atoms with Crippen molar-refractivity contribution in [2.45, 2.75) is 19.4 Å². The van der Waals surface area contributed by atoms with Crippen LogP contribution in [0.15, 0.2) is 30.3 Å². The van der Waals surface area contributed by atoms with Gasteiger partial charge in [-0.15, -0.1) is 12.3 Å². The molecule has 1 amide bonds. The van der Waals surface area contributed by atoms with Gasteiger partial charge in [-0.2, -0.15) is 0 Å². The smallest absolute Gasteiger partial charge is 0.410 e. The topological polar surface area (TPSA) is 29.5 Å². The molecule has 0 aliphatic carbocycles. The van der Waals surface area contributed by atoms with E-state index in [2.05, 4.69) is 5.92 Å². The first-order valence-electron chi connectivity index (χ1n) is 6.21. The molecule has 1 aliphatic rings. The van der Waals surface area contributed by atoms with E-state index in [0.29, 0.717) is 13.2 Å². The SMILES string of the molecule is C#CC1CCCN(C(=O)OCc2ccccc2)C1. The second-order valence-electron chi connectivity index (χ2n) is 4.49. The zero-order valence-electron chi connectivity index (χ0n) is 10.3. The first kappa shape index (κ1) is 12.5. The maximum absolute atomic E-state index is 11.9. The highest BCUT2D eigenvalue weighted by molar-refractivity contribution is 5.67. The zero-order chi connectivity index (χ0) is 12.8. The maximum atomic E-state index is 11.9. The lowest BCUT2D eigenvalue weighted by atomic mass is 10.00. The van der Waals surface area contributed by atoms with E-state index >= 15 is 0 Å². The quantitative estimate of drug-likeness (QED) is 0.747. The fraction of sp³-hybridized carbons (Fsp3) is 0.400. The third kappa shape index (κ3) is 3.27. The second kappa shape index (κ2) is 6.11. The largest absolute Gasteiger partial charge is 0.445 e. The van der Waals surface area contributed by atoms with E-state index < -0.39 is 0 Å². The predicted molar refractivity (Wildman–Crippen MR) is 69.8 cm³/mol. The summed E-state index contributed by atoms with van der Waals surface area (Å²) in [7, 11) is 0. The van der Waals surface area contributed by atoms with E-state index in [-0.39, 0.29) is 12.0 Å². The van der Waals surface area contributed by atoms with Crippen LogP contribution in [0.1, 0.15) is 18.4 Å². The minimum atomic E-state index is -0.265. The number of carbonyl (C=O) groups excluding carboxylic acids is 1. The molecule has 0 saturated carbocycles. The number of piperidine rings is 1. The molecule has 0 N–H and O–H groups in total. The molecule has 0 bridgehead atoms. The fourth-order valence-corrected chi connectivity index (χ4v) is 2.09. The van der Waals surface area contributed by atoms with Crippen LogP contribution in [0.4, 0.5) is 4.79 Å². The van der Waals surface area contributed by atoms with Crippen molar-refractivity contribution in [2.24, 2.45) is 5.92 Å². The van der Waals surface area contributed by atoms with E-state index in [1.807, 2.05) is 30.3 Å². The Labute approximate surface area is 108 Å². The maximum Gasteiger partial charge on any atom is 0.410 e. The normalized spacial score (nSPS) is 19.1. The van der Waals surface area contributed by atoms with Crippen molar-refractivity contribution in [1.82, 2.24) is 4.90 Å². The van der Waals surface area contributed by atoms with Crippen molar-refractivity contribution >= 4 is 6.09 Å². The number of nitrogens with zero attached hydrogens (tertiary/aromatic N) is 1. The van der Waals surface area contributed by atoms with Crippen LogP contribution in [0, 0.1) is 18.3 Å². The molecule has 0 aromatic heterocycles. The van der Waals surface area contributed by atoms with Crippen LogP contribution >= 0.6 is 0 Å². The summed E-state index contributed by atoms with van der Waals surface area (Å²) in [4.78, 5) is 13.6. The molecule has 1 aliphatic heterocycles. The van der Waals surface area contributed by atoms with Gasteiger partial charge in [0.05, 0.1) is 0 Å². The Balaban J connectivity index is 1.83. The van der Waals surface area contributed by atoms with E-state index in [1.54, 1.807) is 4.90 Å². The van der Waals surface area contributed by atoms with Gasteiger partial charge in [-0.3, -0.25) is 0 Å². The Kier molecular flexibility index (Phi) is 4.25. The molecular weight excluding hydrogens is 226 g/mol. The molecule has 18 heavy (non-hydrogen) atoms. The average Bonchev–Trinajstić information content (AvgIpc) is 2.46. The molecular formula is C15H17NO2. The van der Waals surface area contributed by atoms with Gasteiger partial charge in [-0.25, -0.2) is 4.79 Å². The van der Waals surface area contributed by atoms with Crippen LogP contribution in [0.25, 0.3) is 0 Å². The first-order chi connectivity index (χ1) is 8.79. The first-order valence-corrected chi connectivity index (χ1v) is 6.21. The molecule has 2 rings (SSSR count). The lowest BCUT2D eigenvalue weighted by Gasteiger charge is -2.29. The number of likely N-dealkylation sites (tertiary alicyclic amines) is 1. The molecule has 0 radical (unpaired) electrons. The second-order valence-corrected chi connectivity index (χ2v) is 4.49. The third-order valence-electron chi connectivity index (χ3n) is 3.12. The van der Waals surface area contributed by atoms with E-state index in [1.165, 1.54) is 0 Å². The lowest BCUT2D eigenvalue weighted by molar-refractivity contribution is 0.0843. The predicted octanol–water partition coefficient (Wildman–Crippen LogP) is 2.67. The van der Waals surface area contributed by atoms with Crippen molar-refractivity contribution in [3.8, 4) is 12.3 Å². The van der Waals surface area contributed by atoms with E-state index in [0.717, 1.165) is 24.9 Å². The highest BCUT2D eigenvalue weighted by Crippen LogP contribution is 2.16. The van der Waals surface area contributed by atoms with E-state index in [9.17, 15) is 4.79 Å². The van der Waals surface area contributed by atoms with Gasteiger partial charge < -0.3 is 9.64 Å². The number of benzene rings is 1. The molecule has 3 nitrogen and oxygen atoms in total. The summed E-state index contributed by atoms with van der Waals surface area (Å²) in [5.74, 6) is 2.88. The highest BCUT2D eigenvalue weighted by Gasteiger charge is 2.23. The summed E-state index contributed by atoms with van der Waals surface area (Å²) in [6.45, 7) is 1.67. The molecule has 1 unspecified atom stereocenters. The van der Waals surface area contributed by atoms with Gasteiger partial charge in [0.25, 0.3) is 0 Å². The Morgan fingerprint density at radius 3 is 2.94 bits per heavy atom. The van der Waals surface area contributed by atoms with Gasteiger partial charge in [-0.05, 0) is 18.4 Å². The highest BCUT2D eigenvalue weighted by atomic mass is 16.6. The molecule has 3 heteroatoms. The number of terminal acetylenes is 1. The summed E-state index contributed by atoms with van der Waals surface area (Å²) >= 11 is 0. The monoisotopic (exact) mass is 243 g/mol. The van der Waals surface area contributed by atoms with E-state index in [4.69, 9.17) is 11.2 Å². The third-order valence-corrected chi connectivity index (χ3v) is 3.12. The molecule has 94 valence electrons. The summed E-state index contributed by atoms with van der Waals surface area (Å²) in [6, 6.07) is 9.67. The van der Waals surface area contributed by atoms with Crippen LogP contribution in [-0.4, -0.2) is 24.1 Å². The molecule has 0 spiro atoms. The van der Waals surface area contributed by atoms with Gasteiger partial charge in [0.1, 0.15) is 6.61 Å². The number of rotatable bonds is 2. The molecule has 1 atom stereocenters. The Hall–Kier alpha value is -1.95. The van der Waals surface area contributed by atoms with Crippen molar-refractivity contribution in [2.75, 3.05) is 13.1 Å². The number of hydrogen-bond acceptors (Lipinski definition) is 2. The molecule has 1 aromatic rings. The van der Waals surface area contributed by atoms with Crippen LogP contribution < -0.4 is 0 Å². The fourth-order valence-electron chi connectivity index (χ4n) is 2.09. The molecule has 1 fully saturated rings. The Morgan fingerprint density at radius 2 is 2.22 bits per heavy atom. The van der Waals surface area contributed by atoms with Crippen LogP contribution in [0.2, 0.25) is 0 Å². The minimum absolute atomic E-state index is 0.169. The Morgan fingerprint density at radius 1 is 1.44 bits per heavy atom. The van der Waals surface area contributed by atoms with Crippen molar-refractivity contribution in [3.05, 3.63) is 35.9 Å². The van der Waals surface area contributed by atoms with Crippen molar-refractivity contribution in [3.63, 3.8) is 0 Å². The van der Waals surface area contributed by atoms with Gasteiger partial charge >= 0.3 is 6.09 Å². The van der Waals surface area contributed by atoms with Crippen molar-refractivity contribution < 1.29 is 9.53 Å². The molecule has 1 heterocycles. The molecule has 1 saturated heterocycles. The average molecular weight is 243 g/mol. The Bertz CT molecular complexity index is 436. The number of amides is 1. The summed E-state index contributed by atoms with van der Waals surface area (Å²) in [5.41, 5.74) is 0.997. The van der Waals surface area contributed by atoms with Gasteiger partial charge in [0, 0.05) is 19.0 Å². The van der Waals surface area contributed by atoms with Crippen LogP contribution in [0.5, 0.6) is 0 Å². The van der Waals surface area contributed by atoms with Crippen molar-refractivity contribution in [1.29, 1.82) is 0 Å². The summed E-state index contributed by atoms with van der Waals surface area (Å²) in [5, 5.41) is 0. The summed E-state index contributed by atoms with van der Waals surface area (Å²) < 4.78 is 5.28. The molecule has 1 aromatic carbocycles. The summed E-state index contributed by atoms with van der Waals surface area (Å²) in [6.07, 6.45) is 7.09. The number of hydrogen-bond donors (Lipinski definition) is 0. The lowest BCUT2D eigenvalue weighted by Crippen LogP contribution is -2.39.